The Hall–Kier alpha value is -3.19. The quantitative estimate of drug-likeness (QED) is 0.538. The Balaban J connectivity index is 2.01. The van der Waals surface area contributed by atoms with Crippen LogP contribution >= 0.6 is 11.8 Å². The Morgan fingerprint density at radius 2 is 1.81 bits per heavy atom. The van der Waals surface area contributed by atoms with E-state index in [2.05, 4.69) is 0 Å². The van der Waals surface area contributed by atoms with Crippen molar-refractivity contribution in [2.45, 2.75) is 36.0 Å². The van der Waals surface area contributed by atoms with Crippen molar-refractivity contribution in [1.82, 2.24) is 0 Å². The molecule has 1 heterocycles. The van der Waals surface area contributed by atoms with Gasteiger partial charge in [0.2, 0.25) is 0 Å². The maximum Gasteiger partial charge on any atom is 0.354 e. The van der Waals surface area contributed by atoms with Crippen LogP contribution in [0.25, 0.3) is 11.3 Å². The lowest BCUT2D eigenvalue weighted by Crippen LogP contribution is -2.15. The summed E-state index contributed by atoms with van der Waals surface area (Å²) in [4.78, 5) is 24.8. The number of benzene rings is 2. The summed E-state index contributed by atoms with van der Waals surface area (Å²) < 4.78 is 16.4. The number of hydrogen-bond donors (Lipinski definition) is 1. The Labute approximate surface area is 184 Å². The summed E-state index contributed by atoms with van der Waals surface area (Å²) in [5, 5.41) is 8.86. The predicted molar refractivity (Wildman–Crippen MR) is 119 cm³/mol. The Morgan fingerprint density at radius 3 is 2.42 bits per heavy atom. The van der Waals surface area contributed by atoms with E-state index < -0.39 is 18.2 Å². The van der Waals surface area contributed by atoms with Gasteiger partial charge in [0.05, 0.1) is 7.11 Å². The fourth-order valence-electron chi connectivity index (χ4n) is 2.98. The van der Waals surface area contributed by atoms with Crippen LogP contribution in [0.2, 0.25) is 0 Å². The first-order chi connectivity index (χ1) is 14.7. The van der Waals surface area contributed by atoms with Gasteiger partial charge in [0.25, 0.3) is 0 Å². The van der Waals surface area contributed by atoms with E-state index in [1.54, 1.807) is 18.2 Å². The summed E-state index contributed by atoms with van der Waals surface area (Å²) >= 11 is 1.25. The molecule has 7 heteroatoms. The first-order valence-electron chi connectivity index (χ1n) is 9.63. The van der Waals surface area contributed by atoms with Crippen LogP contribution in [0, 0.1) is 0 Å². The lowest BCUT2D eigenvalue weighted by Gasteiger charge is -2.23. The van der Waals surface area contributed by atoms with Gasteiger partial charge < -0.3 is 19.0 Å². The van der Waals surface area contributed by atoms with Crippen molar-refractivity contribution in [3.05, 3.63) is 70.6 Å². The third kappa shape index (κ3) is 5.49. The standard InChI is InChI=1S/C24H24O6S/c1-24(2,3)17-12-16(29-14-21(25)26)10-11-20(17)31-22-19(28-4)13-18(30-23(22)27)15-8-6-5-7-9-15/h5-13H,14H2,1-4H3,(H,25,26). The molecule has 3 rings (SSSR count). The minimum atomic E-state index is -1.04. The Bertz CT molecular complexity index is 1130. The lowest BCUT2D eigenvalue weighted by molar-refractivity contribution is -0.139. The van der Waals surface area contributed by atoms with Gasteiger partial charge in [0.1, 0.15) is 22.2 Å². The van der Waals surface area contributed by atoms with E-state index in [0.717, 1.165) is 16.0 Å². The summed E-state index contributed by atoms with van der Waals surface area (Å²) in [7, 11) is 1.51. The van der Waals surface area contributed by atoms with Crippen molar-refractivity contribution < 1.29 is 23.8 Å². The van der Waals surface area contributed by atoms with Gasteiger partial charge in [-0.05, 0) is 29.2 Å². The van der Waals surface area contributed by atoms with E-state index in [-0.39, 0.29) is 5.41 Å². The molecule has 0 aliphatic heterocycles. The Kier molecular flexibility index (Phi) is 6.75. The number of hydrogen-bond acceptors (Lipinski definition) is 6. The second kappa shape index (κ2) is 9.31. The molecule has 31 heavy (non-hydrogen) atoms. The zero-order valence-electron chi connectivity index (χ0n) is 17.8. The fourth-order valence-corrected chi connectivity index (χ4v) is 4.18. The van der Waals surface area contributed by atoms with Gasteiger partial charge in [-0.25, -0.2) is 9.59 Å². The number of carbonyl (C=O) groups is 1. The summed E-state index contributed by atoms with van der Waals surface area (Å²) in [5.41, 5.74) is 0.926. The normalized spacial score (nSPS) is 11.2. The van der Waals surface area contributed by atoms with Crippen molar-refractivity contribution in [1.29, 1.82) is 0 Å². The highest BCUT2D eigenvalue weighted by molar-refractivity contribution is 7.99. The molecule has 0 saturated heterocycles. The van der Waals surface area contributed by atoms with Gasteiger partial charge in [-0.1, -0.05) is 62.9 Å². The lowest BCUT2D eigenvalue weighted by atomic mass is 9.87. The number of ether oxygens (including phenoxy) is 2. The number of carboxylic acids is 1. The molecule has 0 aliphatic rings. The number of aliphatic carboxylic acids is 1. The van der Waals surface area contributed by atoms with Crippen LogP contribution in [-0.4, -0.2) is 24.8 Å². The topological polar surface area (TPSA) is 86.0 Å². The maximum atomic E-state index is 12.8. The molecule has 6 nitrogen and oxygen atoms in total. The molecule has 0 aliphatic carbocycles. The highest BCUT2D eigenvalue weighted by Gasteiger charge is 2.23. The van der Waals surface area contributed by atoms with Gasteiger partial charge >= 0.3 is 11.6 Å². The highest BCUT2D eigenvalue weighted by Crippen LogP contribution is 2.41. The van der Waals surface area contributed by atoms with Crippen LogP contribution in [0.15, 0.2) is 73.6 Å². The molecule has 2 aromatic carbocycles. The van der Waals surface area contributed by atoms with Crippen LogP contribution in [0.1, 0.15) is 26.3 Å². The average molecular weight is 441 g/mol. The predicted octanol–water partition coefficient (Wildman–Crippen LogP) is 5.23. The van der Waals surface area contributed by atoms with Crippen LogP contribution in [0.3, 0.4) is 0 Å². The molecule has 0 amide bonds. The van der Waals surface area contributed by atoms with Crippen LogP contribution in [-0.2, 0) is 10.2 Å². The first-order valence-corrected chi connectivity index (χ1v) is 10.4. The molecule has 0 atom stereocenters. The summed E-state index contributed by atoms with van der Waals surface area (Å²) in [6, 6.07) is 16.4. The molecule has 3 aromatic rings. The van der Waals surface area contributed by atoms with Crippen LogP contribution < -0.4 is 15.1 Å². The molecular weight excluding hydrogens is 416 g/mol. The van der Waals surface area contributed by atoms with E-state index in [1.807, 2.05) is 57.2 Å². The number of methoxy groups -OCH3 is 1. The second-order valence-electron chi connectivity index (χ2n) is 7.85. The molecule has 0 fully saturated rings. The van der Waals surface area contributed by atoms with Gasteiger partial charge in [-0.2, -0.15) is 0 Å². The highest BCUT2D eigenvalue weighted by atomic mass is 32.2. The van der Waals surface area contributed by atoms with Gasteiger partial charge in [-0.15, -0.1) is 0 Å². The molecule has 162 valence electrons. The largest absolute Gasteiger partial charge is 0.495 e. The minimum absolute atomic E-state index is 0.275. The molecule has 0 unspecified atom stereocenters. The van der Waals surface area contributed by atoms with Crippen molar-refractivity contribution >= 4 is 17.7 Å². The first kappa shape index (κ1) is 22.5. The summed E-state index contributed by atoms with van der Waals surface area (Å²) in [6.07, 6.45) is 0. The minimum Gasteiger partial charge on any atom is -0.495 e. The van der Waals surface area contributed by atoms with Crippen molar-refractivity contribution in [2.75, 3.05) is 13.7 Å². The molecule has 0 radical (unpaired) electrons. The maximum absolute atomic E-state index is 12.8. The van der Waals surface area contributed by atoms with Crippen molar-refractivity contribution in [3.8, 4) is 22.8 Å². The van der Waals surface area contributed by atoms with E-state index in [9.17, 15) is 9.59 Å². The smallest absolute Gasteiger partial charge is 0.354 e. The van der Waals surface area contributed by atoms with Gasteiger partial charge in [-0.3, -0.25) is 0 Å². The SMILES string of the molecule is COc1cc(-c2ccccc2)oc(=O)c1Sc1ccc(OCC(=O)O)cc1C(C)(C)C. The van der Waals surface area contributed by atoms with E-state index in [4.69, 9.17) is 19.0 Å². The Morgan fingerprint density at radius 1 is 1.10 bits per heavy atom. The van der Waals surface area contributed by atoms with Crippen molar-refractivity contribution in [3.63, 3.8) is 0 Å². The summed E-state index contributed by atoms with van der Waals surface area (Å²) in [5.74, 6) is 0.262. The molecular formula is C24H24O6S. The van der Waals surface area contributed by atoms with Crippen LogP contribution in [0.5, 0.6) is 11.5 Å². The number of rotatable bonds is 7. The van der Waals surface area contributed by atoms with E-state index in [0.29, 0.717) is 22.2 Å². The third-order valence-corrected chi connectivity index (χ3v) is 5.63. The zero-order chi connectivity index (χ0) is 22.6. The van der Waals surface area contributed by atoms with Gasteiger partial charge in [0, 0.05) is 16.5 Å². The molecule has 1 aromatic heterocycles. The van der Waals surface area contributed by atoms with Crippen LogP contribution in [0.4, 0.5) is 0 Å². The van der Waals surface area contributed by atoms with Gasteiger partial charge in [0.15, 0.2) is 6.61 Å². The number of carboxylic acid groups (broad SMARTS) is 1. The molecule has 0 spiro atoms. The van der Waals surface area contributed by atoms with Crippen molar-refractivity contribution in [2.24, 2.45) is 0 Å². The second-order valence-corrected chi connectivity index (χ2v) is 8.91. The average Bonchev–Trinajstić information content (AvgIpc) is 2.73. The van der Waals surface area contributed by atoms with E-state index >= 15 is 0 Å². The molecule has 1 N–H and O–H groups in total. The van der Waals surface area contributed by atoms with E-state index in [1.165, 1.54) is 18.9 Å². The third-order valence-electron chi connectivity index (χ3n) is 4.49. The molecule has 0 bridgehead atoms. The zero-order valence-corrected chi connectivity index (χ0v) is 18.6. The summed E-state index contributed by atoms with van der Waals surface area (Å²) in [6.45, 7) is 5.68. The monoisotopic (exact) mass is 440 g/mol. The molecule has 0 saturated carbocycles. The fraction of sp³-hybridized carbons (Fsp3) is 0.250.